The Morgan fingerprint density at radius 2 is 1.47 bits per heavy atom. The first-order valence-corrected chi connectivity index (χ1v) is 12.2. The second-order valence-electron chi connectivity index (χ2n) is 7.94. The highest BCUT2D eigenvalue weighted by molar-refractivity contribution is 7.89. The third kappa shape index (κ3) is 5.40. The van der Waals surface area contributed by atoms with E-state index < -0.39 is 10.0 Å². The lowest BCUT2D eigenvalue weighted by molar-refractivity contribution is 0.529. The maximum absolute atomic E-state index is 12.9. The van der Waals surface area contributed by atoms with Crippen molar-refractivity contribution >= 4 is 20.8 Å². The molecule has 0 radical (unpaired) electrons. The van der Waals surface area contributed by atoms with Gasteiger partial charge in [0, 0.05) is 42.8 Å². The van der Waals surface area contributed by atoms with Gasteiger partial charge in [-0.15, -0.1) is 0 Å². The Bertz CT molecular complexity index is 1220. The molecule has 3 aromatic carbocycles. The smallest absolute Gasteiger partial charge is 0.240 e. The average Bonchev–Trinajstić information content (AvgIpc) is 2.82. The number of hydrogen-bond donors (Lipinski definition) is 2. The molecular formula is C26H27N3O2S. The van der Waals surface area contributed by atoms with E-state index in [1.54, 1.807) is 30.6 Å². The van der Waals surface area contributed by atoms with Crippen LogP contribution in [-0.4, -0.2) is 32.5 Å². The Morgan fingerprint density at radius 3 is 2.12 bits per heavy atom. The van der Waals surface area contributed by atoms with E-state index in [2.05, 4.69) is 39.3 Å². The van der Waals surface area contributed by atoms with Crippen LogP contribution in [0.25, 0.3) is 10.8 Å². The fraction of sp³-hybridized carbons (Fsp3) is 0.192. The van der Waals surface area contributed by atoms with Crippen LogP contribution in [0.15, 0.2) is 102 Å². The first-order valence-electron chi connectivity index (χ1n) is 10.7. The minimum absolute atomic E-state index is 0.190. The summed E-state index contributed by atoms with van der Waals surface area (Å²) < 4.78 is 28.5. The number of fused-ring (bicyclic) bond motifs is 1. The molecule has 1 heterocycles. The Balaban J connectivity index is 1.40. The van der Waals surface area contributed by atoms with Crippen molar-refractivity contribution in [2.45, 2.75) is 23.8 Å². The molecule has 0 bridgehead atoms. The first-order chi connectivity index (χ1) is 15.5. The zero-order chi connectivity index (χ0) is 22.4. The van der Waals surface area contributed by atoms with Crippen LogP contribution in [0.5, 0.6) is 0 Å². The lowest BCUT2D eigenvalue weighted by Gasteiger charge is -2.21. The van der Waals surface area contributed by atoms with E-state index in [-0.39, 0.29) is 16.9 Å². The zero-order valence-corrected chi connectivity index (χ0v) is 18.8. The number of aromatic nitrogens is 1. The molecule has 0 fully saturated rings. The summed E-state index contributed by atoms with van der Waals surface area (Å²) in [7, 11) is -3.62. The van der Waals surface area contributed by atoms with Crippen LogP contribution in [0.2, 0.25) is 0 Å². The van der Waals surface area contributed by atoms with E-state index in [9.17, 15) is 8.42 Å². The molecule has 0 aliphatic carbocycles. The van der Waals surface area contributed by atoms with Crippen molar-refractivity contribution in [3.8, 4) is 0 Å². The molecule has 2 N–H and O–H groups in total. The number of benzene rings is 3. The monoisotopic (exact) mass is 445 g/mol. The van der Waals surface area contributed by atoms with Gasteiger partial charge in [-0.25, -0.2) is 13.1 Å². The highest BCUT2D eigenvalue weighted by Gasteiger charge is 2.19. The van der Waals surface area contributed by atoms with Gasteiger partial charge in [0.25, 0.3) is 0 Å². The molecule has 4 rings (SSSR count). The van der Waals surface area contributed by atoms with Crippen LogP contribution >= 0.6 is 0 Å². The lowest BCUT2D eigenvalue weighted by atomic mass is 9.91. The molecular weight excluding hydrogens is 418 g/mol. The maximum Gasteiger partial charge on any atom is 0.240 e. The van der Waals surface area contributed by atoms with E-state index in [1.807, 2.05) is 49.4 Å². The lowest BCUT2D eigenvalue weighted by Crippen LogP contribution is -2.41. The average molecular weight is 446 g/mol. The van der Waals surface area contributed by atoms with E-state index >= 15 is 0 Å². The van der Waals surface area contributed by atoms with Gasteiger partial charge in [-0.3, -0.25) is 4.98 Å². The number of rotatable bonds is 9. The van der Waals surface area contributed by atoms with Crippen molar-refractivity contribution in [3.05, 3.63) is 108 Å². The normalized spacial score (nSPS) is 12.8. The molecule has 0 spiro atoms. The van der Waals surface area contributed by atoms with Gasteiger partial charge in [-0.05, 0) is 41.6 Å². The highest BCUT2D eigenvalue weighted by atomic mass is 32.2. The molecule has 0 saturated heterocycles. The van der Waals surface area contributed by atoms with Crippen molar-refractivity contribution in [3.63, 3.8) is 0 Å². The summed E-state index contributed by atoms with van der Waals surface area (Å²) in [5, 5.41) is 5.21. The van der Waals surface area contributed by atoms with Crippen molar-refractivity contribution in [1.82, 2.24) is 15.0 Å². The number of sulfonamides is 1. The molecule has 5 nitrogen and oxygen atoms in total. The summed E-state index contributed by atoms with van der Waals surface area (Å²) in [5.41, 5.74) is 2.45. The first kappa shape index (κ1) is 22.1. The van der Waals surface area contributed by atoms with Crippen LogP contribution < -0.4 is 10.0 Å². The minimum atomic E-state index is -3.62. The summed E-state index contributed by atoms with van der Waals surface area (Å²) >= 11 is 0. The van der Waals surface area contributed by atoms with Gasteiger partial charge in [0.1, 0.15) is 0 Å². The van der Waals surface area contributed by atoms with Gasteiger partial charge in [0.2, 0.25) is 10.0 Å². The van der Waals surface area contributed by atoms with Crippen LogP contribution in [0, 0.1) is 0 Å². The Hall–Kier alpha value is -3.06. The number of nitrogens with one attached hydrogen (secondary N) is 2. The van der Waals surface area contributed by atoms with Crippen molar-refractivity contribution in [1.29, 1.82) is 0 Å². The quantitative estimate of drug-likeness (QED) is 0.402. The van der Waals surface area contributed by atoms with Gasteiger partial charge in [0.05, 0.1) is 4.90 Å². The molecule has 4 aromatic rings. The second kappa shape index (κ2) is 10.0. The predicted molar refractivity (Wildman–Crippen MR) is 129 cm³/mol. The SMILES string of the molecule is CC(CNCC(c1ccccc1)c1ccccc1)NS(=O)(=O)c1ccc2cnccc2c1. The molecule has 1 aromatic heterocycles. The second-order valence-corrected chi connectivity index (χ2v) is 9.65. The summed E-state index contributed by atoms with van der Waals surface area (Å²) in [6, 6.07) is 27.3. The highest BCUT2D eigenvalue weighted by Crippen LogP contribution is 2.23. The fourth-order valence-corrected chi connectivity index (χ4v) is 5.12. The molecule has 0 aliphatic heterocycles. The molecule has 32 heavy (non-hydrogen) atoms. The van der Waals surface area contributed by atoms with E-state index in [4.69, 9.17) is 0 Å². The van der Waals surface area contributed by atoms with Crippen LogP contribution in [0.4, 0.5) is 0 Å². The fourth-order valence-electron chi connectivity index (χ4n) is 3.85. The van der Waals surface area contributed by atoms with Gasteiger partial charge in [-0.1, -0.05) is 66.7 Å². The third-order valence-electron chi connectivity index (χ3n) is 5.48. The topological polar surface area (TPSA) is 71.1 Å². The Morgan fingerprint density at radius 1 is 0.812 bits per heavy atom. The predicted octanol–water partition coefficient (Wildman–Crippen LogP) is 4.32. The molecule has 6 heteroatoms. The van der Waals surface area contributed by atoms with Crippen molar-refractivity contribution < 1.29 is 8.42 Å². The van der Waals surface area contributed by atoms with Gasteiger partial charge in [-0.2, -0.15) is 0 Å². The van der Waals surface area contributed by atoms with E-state index in [0.717, 1.165) is 10.8 Å². The third-order valence-corrected chi connectivity index (χ3v) is 7.07. The van der Waals surface area contributed by atoms with Crippen LogP contribution in [-0.2, 0) is 10.0 Å². The minimum Gasteiger partial charge on any atom is -0.314 e. The summed E-state index contributed by atoms with van der Waals surface area (Å²) in [4.78, 5) is 4.33. The molecule has 0 saturated carbocycles. The standard InChI is InChI=1S/C26H27N3O2S/c1-20(29-32(30,31)25-13-12-24-18-27-15-14-23(24)16-25)17-28-19-26(21-8-4-2-5-9-21)22-10-6-3-7-11-22/h2-16,18,20,26,28-29H,17,19H2,1H3. The van der Waals surface area contributed by atoms with Gasteiger partial charge < -0.3 is 5.32 Å². The maximum atomic E-state index is 12.9. The summed E-state index contributed by atoms with van der Waals surface area (Å²) in [6.45, 7) is 3.10. The molecule has 0 amide bonds. The van der Waals surface area contributed by atoms with Gasteiger partial charge >= 0.3 is 0 Å². The number of nitrogens with zero attached hydrogens (tertiary/aromatic N) is 1. The summed E-state index contributed by atoms with van der Waals surface area (Å²) in [5.74, 6) is 0.190. The molecule has 164 valence electrons. The van der Waals surface area contributed by atoms with E-state index in [1.165, 1.54) is 11.1 Å². The molecule has 1 atom stereocenters. The molecule has 1 unspecified atom stereocenters. The van der Waals surface area contributed by atoms with Crippen LogP contribution in [0.1, 0.15) is 24.0 Å². The zero-order valence-electron chi connectivity index (χ0n) is 18.0. The largest absolute Gasteiger partial charge is 0.314 e. The van der Waals surface area contributed by atoms with Gasteiger partial charge in [0.15, 0.2) is 0 Å². The molecule has 0 aliphatic rings. The van der Waals surface area contributed by atoms with Crippen molar-refractivity contribution in [2.24, 2.45) is 0 Å². The summed E-state index contributed by atoms with van der Waals surface area (Å²) in [6.07, 6.45) is 3.39. The van der Waals surface area contributed by atoms with Crippen molar-refractivity contribution in [2.75, 3.05) is 13.1 Å². The Kier molecular flexibility index (Phi) is 6.95. The Labute approximate surface area is 189 Å². The van der Waals surface area contributed by atoms with Crippen LogP contribution in [0.3, 0.4) is 0 Å². The number of pyridine rings is 1. The number of hydrogen-bond acceptors (Lipinski definition) is 4. The van der Waals surface area contributed by atoms with E-state index in [0.29, 0.717) is 13.1 Å².